The zero-order chi connectivity index (χ0) is 14.8. The maximum Gasteiger partial charge on any atom is 0.241 e. The van der Waals surface area contributed by atoms with Crippen LogP contribution in [-0.4, -0.2) is 28.3 Å². The van der Waals surface area contributed by atoms with Crippen molar-refractivity contribution in [2.75, 3.05) is 11.9 Å². The first-order valence-electron chi connectivity index (χ1n) is 7.00. The Morgan fingerprint density at radius 1 is 1.50 bits per heavy atom. The molecular formula is C15H18Cl2N4O. The van der Waals surface area contributed by atoms with Crippen molar-refractivity contribution >= 4 is 35.6 Å². The molecule has 1 saturated heterocycles. The van der Waals surface area contributed by atoms with Gasteiger partial charge in [0.1, 0.15) is 0 Å². The lowest BCUT2D eigenvalue weighted by Gasteiger charge is -2.11. The van der Waals surface area contributed by atoms with Gasteiger partial charge in [0.05, 0.1) is 29.3 Å². The first-order valence-corrected chi connectivity index (χ1v) is 7.38. The van der Waals surface area contributed by atoms with E-state index in [4.69, 9.17) is 11.6 Å². The number of hydrogen-bond donors (Lipinski definition) is 2. The first-order chi connectivity index (χ1) is 10.1. The van der Waals surface area contributed by atoms with Gasteiger partial charge < -0.3 is 10.6 Å². The van der Waals surface area contributed by atoms with E-state index in [1.54, 1.807) is 10.9 Å². The molecule has 0 spiro atoms. The minimum Gasteiger partial charge on any atom is -0.322 e. The van der Waals surface area contributed by atoms with Crippen LogP contribution < -0.4 is 10.6 Å². The van der Waals surface area contributed by atoms with Crippen LogP contribution >= 0.6 is 24.0 Å². The zero-order valence-corrected chi connectivity index (χ0v) is 13.7. The molecule has 1 aromatic carbocycles. The number of nitrogens with one attached hydrogen (secondary N) is 2. The van der Waals surface area contributed by atoms with E-state index >= 15 is 0 Å². The van der Waals surface area contributed by atoms with Gasteiger partial charge in [-0.15, -0.1) is 12.4 Å². The molecule has 1 aromatic heterocycles. The van der Waals surface area contributed by atoms with Crippen LogP contribution in [0.5, 0.6) is 0 Å². The highest BCUT2D eigenvalue weighted by Crippen LogP contribution is 2.21. The number of rotatable bonds is 3. The Kier molecular flexibility index (Phi) is 5.45. The fourth-order valence-corrected chi connectivity index (χ4v) is 2.71. The molecule has 2 heterocycles. The third kappa shape index (κ3) is 3.43. The number of halogens is 2. The van der Waals surface area contributed by atoms with Crippen LogP contribution in [0.2, 0.25) is 5.02 Å². The van der Waals surface area contributed by atoms with Crippen molar-refractivity contribution in [2.45, 2.75) is 25.8 Å². The Morgan fingerprint density at radius 2 is 2.32 bits per heavy atom. The number of carbonyl (C=O) groups excluding carboxylic acids is 1. The topological polar surface area (TPSA) is 59.0 Å². The first kappa shape index (κ1) is 16.8. The number of nitrogens with zero attached hydrogens (tertiary/aromatic N) is 2. The Hall–Kier alpha value is -1.56. The monoisotopic (exact) mass is 340 g/mol. The van der Waals surface area contributed by atoms with E-state index in [0.717, 1.165) is 36.5 Å². The minimum absolute atomic E-state index is 0. The summed E-state index contributed by atoms with van der Waals surface area (Å²) in [4.78, 5) is 12.1. The number of amides is 1. The molecule has 7 heteroatoms. The van der Waals surface area contributed by atoms with Gasteiger partial charge in [-0.2, -0.15) is 5.10 Å². The molecular weight excluding hydrogens is 323 g/mol. The summed E-state index contributed by atoms with van der Waals surface area (Å²) in [6.07, 6.45) is 3.59. The van der Waals surface area contributed by atoms with E-state index < -0.39 is 0 Å². The Labute approximate surface area is 140 Å². The third-order valence-electron chi connectivity index (χ3n) is 3.70. The third-order valence-corrected chi connectivity index (χ3v) is 3.93. The van der Waals surface area contributed by atoms with Crippen LogP contribution in [-0.2, 0) is 4.79 Å². The predicted molar refractivity (Wildman–Crippen MR) is 90.2 cm³/mol. The summed E-state index contributed by atoms with van der Waals surface area (Å²) in [5.74, 6) is 0.00115. The van der Waals surface area contributed by atoms with Crippen molar-refractivity contribution in [1.29, 1.82) is 0 Å². The van der Waals surface area contributed by atoms with Crippen molar-refractivity contribution in [3.8, 4) is 5.69 Å². The van der Waals surface area contributed by atoms with E-state index in [0.29, 0.717) is 5.02 Å². The highest BCUT2D eigenvalue weighted by molar-refractivity contribution is 6.30. The van der Waals surface area contributed by atoms with Crippen LogP contribution in [0.3, 0.4) is 0 Å². The quantitative estimate of drug-likeness (QED) is 0.902. The number of hydrogen-bond acceptors (Lipinski definition) is 3. The van der Waals surface area contributed by atoms with Gasteiger partial charge in [0, 0.05) is 5.02 Å². The summed E-state index contributed by atoms with van der Waals surface area (Å²) in [6, 6.07) is 7.36. The fourth-order valence-electron chi connectivity index (χ4n) is 2.53. The fraction of sp³-hybridized carbons (Fsp3) is 0.333. The second kappa shape index (κ2) is 7.13. The largest absolute Gasteiger partial charge is 0.322 e. The van der Waals surface area contributed by atoms with Gasteiger partial charge in [0.2, 0.25) is 5.91 Å². The lowest BCUT2D eigenvalue weighted by molar-refractivity contribution is -0.117. The van der Waals surface area contributed by atoms with Crippen molar-refractivity contribution in [1.82, 2.24) is 15.1 Å². The van der Waals surface area contributed by atoms with E-state index in [1.807, 2.05) is 31.2 Å². The second-order valence-corrected chi connectivity index (χ2v) is 5.61. The van der Waals surface area contributed by atoms with Crippen LogP contribution in [0.15, 0.2) is 30.5 Å². The zero-order valence-electron chi connectivity index (χ0n) is 12.2. The molecule has 1 atom stereocenters. The van der Waals surface area contributed by atoms with E-state index in [2.05, 4.69) is 15.7 Å². The van der Waals surface area contributed by atoms with Gasteiger partial charge in [-0.1, -0.05) is 17.7 Å². The average molecular weight is 341 g/mol. The maximum atomic E-state index is 12.1. The van der Waals surface area contributed by atoms with E-state index in [-0.39, 0.29) is 24.4 Å². The summed E-state index contributed by atoms with van der Waals surface area (Å²) in [7, 11) is 0. The van der Waals surface area contributed by atoms with Crippen LogP contribution in [0.25, 0.3) is 5.69 Å². The molecule has 0 radical (unpaired) electrons. The molecule has 1 amide bonds. The number of aromatic nitrogens is 2. The SMILES string of the molecule is Cc1c(NC(=O)C2CCCN2)cnn1-c1cccc(Cl)c1.Cl. The number of anilines is 1. The highest BCUT2D eigenvalue weighted by atomic mass is 35.5. The Morgan fingerprint density at radius 3 is 3.00 bits per heavy atom. The molecule has 5 nitrogen and oxygen atoms in total. The van der Waals surface area contributed by atoms with Gasteiger partial charge in [-0.05, 0) is 44.5 Å². The molecule has 2 N–H and O–H groups in total. The second-order valence-electron chi connectivity index (χ2n) is 5.17. The van der Waals surface area contributed by atoms with Crippen molar-refractivity contribution in [2.24, 2.45) is 0 Å². The Bertz CT molecular complexity index is 665. The molecule has 1 aliphatic heterocycles. The van der Waals surface area contributed by atoms with E-state index in [1.165, 1.54) is 0 Å². The lowest BCUT2D eigenvalue weighted by Crippen LogP contribution is -2.35. The summed E-state index contributed by atoms with van der Waals surface area (Å²) >= 11 is 6.01. The number of benzene rings is 1. The summed E-state index contributed by atoms with van der Waals surface area (Å²) in [5, 5.41) is 11.1. The standard InChI is InChI=1S/C15H17ClN4O.ClH/c1-10-14(19-15(21)13-6-3-7-17-13)9-18-20(10)12-5-2-4-11(16)8-12;/h2,4-5,8-9,13,17H,3,6-7H2,1H3,(H,19,21);1H. The van der Waals surface area contributed by atoms with Gasteiger partial charge in [0.15, 0.2) is 0 Å². The van der Waals surface area contributed by atoms with Crippen molar-refractivity contribution in [3.05, 3.63) is 41.2 Å². The van der Waals surface area contributed by atoms with Gasteiger partial charge in [-0.25, -0.2) is 4.68 Å². The summed E-state index contributed by atoms with van der Waals surface area (Å²) < 4.78 is 1.77. The molecule has 0 saturated carbocycles. The molecule has 0 aliphatic carbocycles. The van der Waals surface area contributed by atoms with Crippen LogP contribution in [0, 0.1) is 6.92 Å². The van der Waals surface area contributed by atoms with Gasteiger partial charge in [-0.3, -0.25) is 4.79 Å². The lowest BCUT2D eigenvalue weighted by atomic mass is 10.2. The average Bonchev–Trinajstić information content (AvgIpc) is 3.10. The summed E-state index contributed by atoms with van der Waals surface area (Å²) in [6.45, 7) is 2.82. The molecule has 1 unspecified atom stereocenters. The molecule has 0 bridgehead atoms. The minimum atomic E-state index is -0.0982. The van der Waals surface area contributed by atoms with Crippen molar-refractivity contribution < 1.29 is 4.79 Å². The molecule has 1 aliphatic rings. The maximum absolute atomic E-state index is 12.1. The molecule has 118 valence electrons. The number of carbonyl (C=O) groups is 1. The van der Waals surface area contributed by atoms with Gasteiger partial charge in [0.25, 0.3) is 0 Å². The van der Waals surface area contributed by atoms with Crippen LogP contribution in [0.1, 0.15) is 18.5 Å². The molecule has 1 fully saturated rings. The van der Waals surface area contributed by atoms with Crippen LogP contribution in [0.4, 0.5) is 5.69 Å². The molecule has 3 rings (SSSR count). The van der Waals surface area contributed by atoms with E-state index in [9.17, 15) is 4.79 Å². The summed E-state index contributed by atoms with van der Waals surface area (Å²) in [5.41, 5.74) is 2.48. The molecule has 2 aromatic rings. The molecule has 22 heavy (non-hydrogen) atoms. The predicted octanol–water partition coefficient (Wildman–Crippen LogP) is 2.95. The van der Waals surface area contributed by atoms with Crippen molar-refractivity contribution in [3.63, 3.8) is 0 Å². The highest BCUT2D eigenvalue weighted by Gasteiger charge is 2.23. The smallest absolute Gasteiger partial charge is 0.241 e. The Balaban J connectivity index is 0.00000176. The normalized spacial score (nSPS) is 17.1. The van der Waals surface area contributed by atoms with Gasteiger partial charge >= 0.3 is 0 Å².